The first-order chi connectivity index (χ1) is 9.27. The minimum atomic E-state index is -0.142. The number of benzene rings is 2. The fourth-order valence-electron chi connectivity index (χ4n) is 1.97. The molecule has 92 valence electrons. The molecule has 0 saturated carbocycles. The molecule has 4 heteroatoms. The number of hydrogen-bond acceptors (Lipinski definition) is 3. The SMILES string of the molecule is O=C(c1ccccc1Cl)c1cccc2nccnc12. The Balaban J connectivity index is 2.20. The number of nitrogens with zero attached hydrogens (tertiary/aromatic N) is 2. The van der Waals surface area contributed by atoms with Crippen LogP contribution in [0.25, 0.3) is 11.0 Å². The van der Waals surface area contributed by atoms with Crippen molar-refractivity contribution in [1.82, 2.24) is 9.97 Å². The predicted molar refractivity (Wildman–Crippen MR) is 74.4 cm³/mol. The van der Waals surface area contributed by atoms with Crippen molar-refractivity contribution in [2.75, 3.05) is 0 Å². The number of fused-ring (bicyclic) bond motifs is 1. The normalized spacial score (nSPS) is 10.6. The molecule has 2 aromatic carbocycles. The van der Waals surface area contributed by atoms with Crippen molar-refractivity contribution in [1.29, 1.82) is 0 Å². The zero-order chi connectivity index (χ0) is 13.2. The van der Waals surface area contributed by atoms with E-state index in [1.807, 2.05) is 6.07 Å². The fourth-order valence-corrected chi connectivity index (χ4v) is 2.19. The van der Waals surface area contributed by atoms with Gasteiger partial charge in [-0.2, -0.15) is 0 Å². The zero-order valence-corrected chi connectivity index (χ0v) is 10.6. The van der Waals surface area contributed by atoms with Crippen LogP contribution in [0.5, 0.6) is 0 Å². The van der Waals surface area contributed by atoms with E-state index in [9.17, 15) is 4.79 Å². The molecule has 0 spiro atoms. The Morgan fingerprint density at radius 1 is 0.895 bits per heavy atom. The van der Waals surface area contributed by atoms with E-state index < -0.39 is 0 Å². The number of rotatable bonds is 2. The van der Waals surface area contributed by atoms with Gasteiger partial charge in [0.2, 0.25) is 0 Å². The van der Waals surface area contributed by atoms with E-state index in [1.54, 1.807) is 48.8 Å². The summed E-state index contributed by atoms with van der Waals surface area (Å²) in [7, 11) is 0. The lowest BCUT2D eigenvalue weighted by atomic mass is 10.0. The molecular weight excluding hydrogens is 260 g/mol. The minimum Gasteiger partial charge on any atom is -0.288 e. The van der Waals surface area contributed by atoms with Crippen molar-refractivity contribution < 1.29 is 4.79 Å². The highest BCUT2D eigenvalue weighted by molar-refractivity contribution is 6.35. The van der Waals surface area contributed by atoms with E-state index in [1.165, 1.54) is 0 Å². The van der Waals surface area contributed by atoms with Crippen molar-refractivity contribution in [2.24, 2.45) is 0 Å². The van der Waals surface area contributed by atoms with Gasteiger partial charge in [-0.05, 0) is 24.3 Å². The van der Waals surface area contributed by atoms with Crippen molar-refractivity contribution in [3.63, 3.8) is 0 Å². The highest BCUT2D eigenvalue weighted by atomic mass is 35.5. The molecule has 1 aromatic heterocycles. The minimum absolute atomic E-state index is 0.142. The second-order valence-electron chi connectivity index (χ2n) is 4.04. The number of para-hydroxylation sites is 1. The molecule has 0 aliphatic heterocycles. The van der Waals surface area contributed by atoms with Gasteiger partial charge in [0.1, 0.15) is 0 Å². The number of ketones is 1. The Labute approximate surface area is 114 Å². The number of carbonyl (C=O) groups is 1. The Morgan fingerprint density at radius 3 is 2.47 bits per heavy atom. The van der Waals surface area contributed by atoms with Crippen LogP contribution in [0.4, 0.5) is 0 Å². The van der Waals surface area contributed by atoms with Crippen LogP contribution < -0.4 is 0 Å². The van der Waals surface area contributed by atoms with Crippen LogP contribution in [-0.2, 0) is 0 Å². The van der Waals surface area contributed by atoms with Gasteiger partial charge in [0.25, 0.3) is 0 Å². The molecule has 0 atom stereocenters. The standard InChI is InChI=1S/C15H9ClN2O/c16-12-6-2-1-4-10(12)15(19)11-5-3-7-13-14(11)18-9-8-17-13/h1-9H. The number of halogens is 1. The van der Waals surface area contributed by atoms with Gasteiger partial charge in [-0.25, -0.2) is 0 Å². The lowest BCUT2D eigenvalue weighted by Crippen LogP contribution is -2.04. The second kappa shape index (κ2) is 4.78. The third-order valence-electron chi connectivity index (χ3n) is 2.86. The topological polar surface area (TPSA) is 42.9 Å². The van der Waals surface area contributed by atoms with Gasteiger partial charge in [-0.3, -0.25) is 14.8 Å². The smallest absolute Gasteiger partial charge is 0.196 e. The van der Waals surface area contributed by atoms with E-state index in [-0.39, 0.29) is 5.78 Å². The average molecular weight is 269 g/mol. The van der Waals surface area contributed by atoms with Crippen molar-refractivity contribution in [2.45, 2.75) is 0 Å². The third kappa shape index (κ3) is 2.09. The maximum Gasteiger partial charge on any atom is 0.196 e. The molecular formula is C15H9ClN2O. The van der Waals surface area contributed by atoms with Crippen molar-refractivity contribution >= 4 is 28.4 Å². The Bertz CT molecular complexity index is 765. The summed E-state index contributed by atoms with van der Waals surface area (Å²) in [5.41, 5.74) is 2.27. The number of hydrogen-bond donors (Lipinski definition) is 0. The number of aromatic nitrogens is 2. The van der Waals surface area contributed by atoms with Gasteiger partial charge in [0.15, 0.2) is 5.78 Å². The molecule has 0 radical (unpaired) electrons. The Morgan fingerprint density at radius 2 is 1.63 bits per heavy atom. The molecule has 0 aliphatic carbocycles. The van der Waals surface area contributed by atoms with Crippen LogP contribution in [0.2, 0.25) is 5.02 Å². The van der Waals surface area contributed by atoms with Crippen LogP contribution in [0.3, 0.4) is 0 Å². The summed E-state index contributed by atoms with van der Waals surface area (Å²) < 4.78 is 0. The zero-order valence-electron chi connectivity index (χ0n) is 9.88. The summed E-state index contributed by atoms with van der Waals surface area (Å²) >= 11 is 6.06. The quantitative estimate of drug-likeness (QED) is 0.668. The second-order valence-corrected chi connectivity index (χ2v) is 4.45. The van der Waals surface area contributed by atoms with Gasteiger partial charge in [-0.1, -0.05) is 29.8 Å². The van der Waals surface area contributed by atoms with Gasteiger partial charge >= 0.3 is 0 Å². The van der Waals surface area contributed by atoms with Crippen molar-refractivity contribution in [3.8, 4) is 0 Å². The average Bonchev–Trinajstić information content (AvgIpc) is 2.46. The summed E-state index contributed by atoms with van der Waals surface area (Å²) in [6, 6.07) is 12.3. The summed E-state index contributed by atoms with van der Waals surface area (Å²) in [5, 5.41) is 0.438. The molecule has 0 amide bonds. The molecule has 0 N–H and O–H groups in total. The summed E-state index contributed by atoms with van der Waals surface area (Å²) in [6.45, 7) is 0. The molecule has 0 saturated heterocycles. The van der Waals surface area contributed by atoms with Crippen molar-refractivity contribution in [3.05, 3.63) is 71.0 Å². The van der Waals surface area contributed by atoms with E-state index in [4.69, 9.17) is 11.6 Å². The molecule has 0 aliphatic rings. The van der Waals surface area contributed by atoms with E-state index in [0.29, 0.717) is 27.2 Å². The number of carbonyl (C=O) groups excluding carboxylic acids is 1. The van der Waals surface area contributed by atoms with E-state index in [0.717, 1.165) is 0 Å². The first-order valence-corrected chi connectivity index (χ1v) is 6.14. The van der Waals surface area contributed by atoms with E-state index in [2.05, 4.69) is 9.97 Å². The molecule has 0 bridgehead atoms. The maximum atomic E-state index is 12.5. The summed E-state index contributed by atoms with van der Waals surface area (Å²) in [5.74, 6) is -0.142. The maximum absolute atomic E-state index is 12.5. The highest BCUT2D eigenvalue weighted by Gasteiger charge is 2.15. The predicted octanol–water partition coefficient (Wildman–Crippen LogP) is 3.51. The molecule has 3 aromatic rings. The highest BCUT2D eigenvalue weighted by Crippen LogP contribution is 2.22. The van der Waals surface area contributed by atoms with Crippen LogP contribution in [0.1, 0.15) is 15.9 Å². The first-order valence-electron chi connectivity index (χ1n) is 5.76. The molecule has 3 nitrogen and oxygen atoms in total. The summed E-state index contributed by atoms with van der Waals surface area (Å²) in [6.07, 6.45) is 3.18. The summed E-state index contributed by atoms with van der Waals surface area (Å²) in [4.78, 5) is 21.0. The Hall–Kier alpha value is -2.26. The van der Waals surface area contributed by atoms with Gasteiger partial charge in [-0.15, -0.1) is 0 Å². The van der Waals surface area contributed by atoms with Gasteiger partial charge < -0.3 is 0 Å². The van der Waals surface area contributed by atoms with Crippen LogP contribution in [0, 0.1) is 0 Å². The first kappa shape index (κ1) is 11.8. The molecule has 1 heterocycles. The molecule has 0 fully saturated rings. The van der Waals surface area contributed by atoms with Gasteiger partial charge in [0, 0.05) is 18.0 Å². The Kier molecular flexibility index (Phi) is 2.97. The van der Waals surface area contributed by atoms with E-state index >= 15 is 0 Å². The molecule has 19 heavy (non-hydrogen) atoms. The monoisotopic (exact) mass is 268 g/mol. The van der Waals surface area contributed by atoms with Crippen LogP contribution >= 0.6 is 11.6 Å². The third-order valence-corrected chi connectivity index (χ3v) is 3.19. The van der Waals surface area contributed by atoms with Gasteiger partial charge in [0.05, 0.1) is 21.6 Å². The molecule has 0 unspecified atom stereocenters. The van der Waals surface area contributed by atoms with Crippen LogP contribution in [-0.4, -0.2) is 15.8 Å². The van der Waals surface area contributed by atoms with Crippen LogP contribution in [0.15, 0.2) is 54.9 Å². The lowest BCUT2D eigenvalue weighted by Gasteiger charge is -2.05. The largest absolute Gasteiger partial charge is 0.288 e. The lowest BCUT2D eigenvalue weighted by molar-refractivity contribution is 0.104. The fraction of sp³-hybridized carbons (Fsp3) is 0. The molecule has 3 rings (SSSR count).